The molecule has 0 N–H and O–H groups in total. The van der Waals surface area contributed by atoms with Crippen molar-refractivity contribution in [2.45, 2.75) is 33.1 Å². The maximum atomic E-state index is 11.8. The van der Waals surface area contributed by atoms with Gasteiger partial charge in [-0.25, -0.2) is 0 Å². The minimum atomic E-state index is -0.849. The van der Waals surface area contributed by atoms with Gasteiger partial charge in [0.25, 0.3) is 0 Å². The van der Waals surface area contributed by atoms with Crippen LogP contribution in [0.5, 0.6) is 0 Å². The maximum absolute atomic E-state index is 11.8. The zero-order valence-corrected chi connectivity index (χ0v) is 13.1. The van der Waals surface area contributed by atoms with Crippen LogP contribution in [0.4, 0.5) is 0 Å². The summed E-state index contributed by atoms with van der Waals surface area (Å²) >= 11 is 0. The fourth-order valence-corrected chi connectivity index (χ4v) is 1.90. The van der Waals surface area contributed by atoms with Crippen molar-refractivity contribution in [3.05, 3.63) is 35.9 Å². The Kier molecular flexibility index (Phi) is 8.44. The summed E-state index contributed by atoms with van der Waals surface area (Å²) in [5.74, 6) is 4.21. The third-order valence-electron chi connectivity index (χ3n) is 2.94. The number of hydrogen-bond acceptors (Lipinski definition) is 4. The van der Waals surface area contributed by atoms with E-state index in [4.69, 9.17) is 9.47 Å². The lowest BCUT2D eigenvalue weighted by Gasteiger charge is -2.13. The highest BCUT2D eigenvalue weighted by atomic mass is 16.6. The molecule has 0 aliphatic rings. The number of esters is 2. The largest absolute Gasteiger partial charge is 0.465 e. The van der Waals surface area contributed by atoms with Crippen LogP contribution in [-0.4, -0.2) is 25.2 Å². The topological polar surface area (TPSA) is 52.6 Å². The van der Waals surface area contributed by atoms with E-state index in [1.165, 1.54) is 0 Å². The van der Waals surface area contributed by atoms with Gasteiger partial charge in [-0.15, -0.1) is 0 Å². The van der Waals surface area contributed by atoms with Crippen molar-refractivity contribution in [1.82, 2.24) is 0 Å². The van der Waals surface area contributed by atoms with Gasteiger partial charge >= 0.3 is 11.9 Å². The van der Waals surface area contributed by atoms with Crippen LogP contribution in [0, 0.1) is 17.8 Å². The van der Waals surface area contributed by atoms with Gasteiger partial charge in [0.2, 0.25) is 0 Å². The Hall–Kier alpha value is -2.28. The molecule has 22 heavy (non-hydrogen) atoms. The molecule has 0 saturated heterocycles. The van der Waals surface area contributed by atoms with Gasteiger partial charge in [-0.3, -0.25) is 9.59 Å². The lowest BCUT2D eigenvalue weighted by atomic mass is 10.0. The van der Waals surface area contributed by atoms with Crippen molar-refractivity contribution in [1.29, 1.82) is 0 Å². The van der Waals surface area contributed by atoms with E-state index in [0.29, 0.717) is 19.3 Å². The Bertz CT molecular complexity index is 507. The van der Waals surface area contributed by atoms with Gasteiger partial charge in [-0.1, -0.05) is 30.0 Å². The highest BCUT2D eigenvalue weighted by molar-refractivity contribution is 5.94. The predicted molar refractivity (Wildman–Crippen MR) is 83.9 cm³/mol. The van der Waals surface area contributed by atoms with E-state index in [1.807, 2.05) is 30.3 Å². The van der Waals surface area contributed by atoms with E-state index in [0.717, 1.165) is 5.56 Å². The van der Waals surface area contributed by atoms with Gasteiger partial charge in [0.15, 0.2) is 5.92 Å². The van der Waals surface area contributed by atoms with E-state index in [9.17, 15) is 9.59 Å². The van der Waals surface area contributed by atoms with E-state index in [2.05, 4.69) is 11.8 Å². The third-order valence-corrected chi connectivity index (χ3v) is 2.94. The summed E-state index contributed by atoms with van der Waals surface area (Å²) in [6.07, 6.45) is 1.65. The first-order chi connectivity index (χ1) is 10.7. The normalized spacial score (nSPS) is 9.77. The second-order valence-electron chi connectivity index (χ2n) is 4.62. The fourth-order valence-electron chi connectivity index (χ4n) is 1.90. The molecule has 0 aliphatic carbocycles. The summed E-state index contributed by atoms with van der Waals surface area (Å²) in [6, 6.07) is 9.68. The number of benzene rings is 1. The van der Waals surface area contributed by atoms with Gasteiger partial charge in [0.05, 0.1) is 13.2 Å². The monoisotopic (exact) mass is 302 g/mol. The molecular weight excluding hydrogens is 280 g/mol. The van der Waals surface area contributed by atoms with E-state index >= 15 is 0 Å². The number of rotatable bonds is 7. The first kappa shape index (κ1) is 17.8. The van der Waals surface area contributed by atoms with Crippen LogP contribution in [0.1, 0.15) is 38.7 Å². The summed E-state index contributed by atoms with van der Waals surface area (Å²) < 4.78 is 9.84. The Balaban J connectivity index is 2.48. The second kappa shape index (κ2) is 10.4. The number of carbonyl (C=O) groups is 2. The lowest BCUT2D eigenvalue weighted by molar-refractivity contribution is -0.161. The van der Waals surface area contributed by atoms with Crippen LogP contribution >= 0.6 is 0 Å². The summed E-state index contributed by atoms with van der Waals surface area (Å²) in [5, 5.41) is 0. The molecule has 4 nitrogen and oxygen atoms in total. The first-order valence-corrected chi connectivity index (χ1v) is 7.56. The Morgan fingerprint density at radius 2 is 1.64 bits per heavy atom. The van der Waals surface area contributed by atoms with Crippen molar-refractivity contribution in [3.63, 3.8) is 0 Å². The minimum Gasteiger partial charge on any atom is -0.465 e. The molecule has 1 aromatic carbocycles. The third kappa shape index (κ3) is 6.45. The first-order valence-electron chi connectivity index (χ1n) is 7.56. The summed E-state index contributed by atoms with van der Waals surface area (Å²) in [6.45, 7) is 3.93. The van der Waals surface area contributed by atoms with Gasteiger partial charge in [0.1, 0.15) is 0 Å². The van der Waals surface area contributed by atoms with Crippen LogP contribution in [0.25, 0.3) is 0 Å². The van der Waals surface area contributed by atoms with E-state index in [-0.39, 0.29) is 13.2 Å². The molecule has 0 heterocycles. The van der Waals surface area contributed by atoms with Gasteiger partial charge in [-0.05, 0) is 38.8 Å². The highest BCUT2D eigenvalue weighted by Crippen LogP contribution is 2.13. The zero-order valence-electron chi connectivity index (χ0n) is 13.1. The molecule has 0 spiro atoms. The molecule has 0 amide bonds. The highest BCUT2D eigenvalue weighted by Gasteiger charge is 2.28. The molecule has 1 aromatic rings. The number of hydrogen-bond donors (Lipinski definition) is 0. The summed E-state index contributed by atoms with van der Waals surface area (Å²) in [7, 11) is 0. The second-order valence-corrected chi connectivity index (χ2v) is 4.62. The van der Waals surface area contributed by atoms with Crippen molar-refractivity contribution < 1.29 is 19.1 Å². The Morgan fingerprint density at radius 1 is 1.05 bits per heavy atom. The van der Waals surface area contributed by atoms with Crippen LogP contribution in [0.15, 0.2) is 30.3 Å². The molecule has 0 unspecified atom stereocenters. The molecule has 0 aromatic heterocycles. The minimum absolute atomic E-state index is 0.253. The molecule has 118 valence electrons. The molecule has 0 bridgehead atoms. The predicted octanol–water partition coefficient (Wildman–Crippen LogP) is 2.95. The van der Waals surface area contributed by atoms with Crippen LogP contribution in [0.2, 0.25) is 0 Å². The van der Waals surface area contributed by atoms with Crippen LogP contribution in [0.3, 0.4) is 0 Å². The maximum Gasteiger partial charge on any atom is 0.320 e. The molecule has 0 fully saturated rings. The molecule has 0 aliphatic heterocycles. The average Bonchev–Trinajstić information content (AvgIpc) is 2.52. The number of carbonyl (C=O) groups excluding carboxylic acids is 2. The molecule has 0 radical (unpaired) electrons. The number of ether oxygens (including phenoxy) is 2. The molecule has 1 rings (SSSR count). The molecule has 0 atom stereocenters. The zero-order chi connectivity index (χ0) is 16.2. The molecule has 0 saturated carbocycles. The summed E-state index contributed by atoms with van der Waals surface area (Å²) in [4.78, 5) is 23.6. The van der Waals surface area contributed by atoms with Gasteiger partial charge in [-0.2, -0.15) is 0 Å². The van der Waals surface area contributed by atoms with Gasteiger partial charge in [0, 0.05) is 12.0 Å². The molecular formula is C18H22O4. The van der Waals surface area contributed by atoms with Crippen LogP contribution in [-0.2, 0) is 19.1 Å². The summed E-state index contributed by atoms with van der Waals surface area (Å²) in [5.41, 5.74) is 0.954. The van der Waals surface area contributed by atoms with E-state index in [1.54, 1.807) is 13.8 Å². The standard InChI is InChI=1S/C18H22O4/c1-3-21-17(19)16(18(20)22-4-2)14-10-6-9-13-15-11-7-5-8-12-15/h5,7-8,11-12,16H,3-4,6,10,14H2,1-2H3. The number of unbranched alkanes of at least 4 members (excludes halogenated alkanes) is 1. The fraction of sp³-hybridized carbons (Fsp3) is 0.444. The quantitative estimate of drug-likeness (QED) is 0.336. The van der Waals surface area contributed by atoms with Crippen LogP contribution < -0.4 is 0 Å². The van der Waals surface area contributed by atoms with Crippen molar-refractivity contribution in [2.75, 3.05) is 13.2 Å². The average molecular weight is 302 g/mol. The van der Waals surface area contributed by atoms with E-state index < -0.39 is 17.9 Å². The van der Waals surface area contributed by atoms with Crippen molar-refractivity contribution in [3.8, 4) is 11.8 Å². The molecule has 4 heteroatoms. The SMILES string of the molecule is CCOC(=O)C(CCCC#Cc1ccccc1)C(=O)OCC. The lowest BCUT2D eigenvalue weighted by Crippen LogP contribution is -2.28. The smallest absolute Gasteiger partial charge is 0.320 e. The van der Waals surface area contributed by atoms with Gasteiger partial charge < -0.3 is 9.47 Å². The van der Waals surface area contributed by atoms with Crippen molar-refractivity contribution in [2.24, 2.45) is 5.92 Å². The Morgan fingerprint density at radius 3 is 2.18 bits per heavy atom. The van der Waals surface area contributed by atoms with Crippen molar-refractivity contribution >= 4 is 11.9 Å². The Labute approximate surface area is 131 Å².